The van der Waals surface area contributed by atoms with Crippen LogP contribution in [0.4, 0.5) is 0 Å². The summed E-state index contributed by atoms with van der Waals surface area (Å²) in [5.74, 6) is 0. The molecule has 0 unspecified atom stereocenters. The van der Waals surface area contributed by atoms with Gasteiger partial charge in [-0.25, -0.2) is 0 Å². The Labute approximate surface area is 186 Å². The number of hydrogen-bond donors (Lipinski definition) is 0. The molecular weight excluding hydrogens is 348 g/mol. The van der Waals surface area contributed by atoms with Gasteiger partial charge in [0.1, 0.15) is 0 Å². The van der Waals surface area contributed by atoms with Crippen molar-refractivity contribution in [1.29, 1.82) is 0 Å². The van der Waals surface area contributed by atoms with E-state index < -0.39 is 0 Å². The van der Waals surface area contributed by atoms with Crippen molar-refractivity contribution in [3.8, 4) is 0 Å². The molecule has 0 heterocycles. The van der Waals surface area contributed by atoms with Crippen molar-refractivity contribution in [2.24, 2.45) is 32.5 Å². The second-order valence-corrected chi connectivity index (χ2v) is 15.1. The van der Waals surface area contributed by atoms with E-state index in [1.807, 2.05) is 0 Å². The monoisotopic (exact) mass is 404 g/mol. The molecule has 0 nitrogen and oxygen atoms in total. The van der Waals surface area contributed by atoms with Gasteiger partial charge in [0, 0.05) is 0 Å². The Bertz CT molecular complexity index is 547. The Morgan fingerprint density at radius 2 is 0.931 bits per heavy atom. The summed E-state index contributed by atoms with van der Waals surface area (Å²) in [6.45, 7) is 39.7. The molecule has 0 aliphatic heterocycles. The van der Waals surface area contributed by atoms with Gasteiger partial charge in [-0.3, -0.25) is 0 Å². The van der Waals surface area contributed by atoms with Crippen LogP contribution in [0.2, 0.25) is 0 Å². The van der Waals surface area contributed by atoms with Crippen LogP contribution in [0.5, 0.6) is 0 Å². The van der Waals surface area contributed by atoms with Gasteiger partial charge in [-0.2, -0.15) is 0 Å². The highest BCUT2D eigenvalue weighted by atomic mass is 14.4. The molecule has 0 N–H and O–H groups in total. The summed E-state index contributed by atoms with van der Waals surface area (Å²) in [6, 6.07) is 0. The smallest absolute Gasteiger partial charge is 0.0139 e. The first kappa shape index (κ1) is 28.5. The van der Waals surface area contributed by atoms with E-state index in [0.717, 1.165) is 6.42 Å². The third-order valence-electron chi connectivity index (χ3n) is 5.96. The fourth-order valence-corrected chi connectivity index (χ4v) is 7.49. The maximum absolute atomic E-state index is 4.29. The molecule has 0 fully saturated rings. The summed E-state index contributed by atoms with van der Waals surface area (Å²) in [5, 5.41) is 0. The Morgan fingerprint density at radius 1 is 0.586 bits per heavy atom. The molecule has 0 saturated carbocycles. The van der Waals surface area contributed by atoms with E-state index in [-0.39, 0.29) is 10.8 Å². The zero-order valence-corrected chi connectivity index (χ0v) is 22.7. The molecule has 1 atom stereocenters. The van der Waals surface area contributed by atoms with Crippen molar-refractivity contribution in [1.82, 2.24) is 0 Å². The highest BCUT2D eigenvalue weighted by molar-refractivity contribution is 5.01. The second-order valence-electron chi connectivity index (χ2n) is 15.1. The second kappa shape index (κ2) is 9.32. The van der Waals surface area contributed by atoms with Crippen molar-refractivity contribution < 1.29 is 0 Å². The van der Waals surface area contributed by atoms with Crippen LogP contribution < -0.4 is 0 Å². The lowest BCUT2D eigenvalue weighted by atomic mass is 9.60. The Hall–Kier alpha value is -0.520. The average molecular weight is 405 g/mol. The van der Waals surface area contributed by atoms with Crippen molar-refractivity contribution in [3.05, 3.63) is 24.8 Å². The molecule has 0 aliphatic rings. The number of allylic oxidation sites excluding steroid dienone is 2. The maximum Gasteiger partial charge on any atom is -0.0139 e. The lowest BCUT2D eigenvalue weighted by molar-refractivity contribution is 0.0727. The van der Waals surface area contributed by atoms with E-state index in [1.165, 1.54) is 37.7 Å². The molecule has 0 spiro atoms. The lowest BCUT2D eigenvalue weighted by Crippen LogP contribution is -2.34. The molecule has 172 valence electrons. The van der Waals surface area contributed by atoms with Crippen molar-refractivity contribution in [3.63, 3.8) is 0 Å². The van der Waals surface area contributed by atoms with Gasteiger partial charge in [0.05, 0.1) is 0 Å². The van der Waals surface area contributed by atoms with Crippen molar-refractivity contribution in [2.45, 2.75) is 129 Å². The average Bonchev–Trinajstić information content (AvgIpc) is 2.27. The molecule has 0 aromatic heterocycles. The fourth-order valence-electron chi connectivity index (χ4n) is 7.49. The first-order valence-electron chi connectivity index (χ1n) is 11.8. The van der Waals surface area contributed by atoms with Crippen molar-refractivity contribution in [2.75, 3.05) is 0 Å². The zero-order chi connectivity index (χ0) is 23.5. The summed E-state index contributed by atoms with van der Waals surface area (Å²) in [4.78, 5) is 0. The largest absolute Gasteiger partial charge is 0.103 e. The molecule has 0 rings (SSSR count). The van der Waals surface area contributed by atoms with Gasteiger partial charge in [-0.15, -0.1) is 13.2 Å². The van der Waals surface area contributed by atoms with Gasteiger partial charge >= 0.3 is 0 Å². The van der Waals surface area contributed by atoms with Gasteiger partial charge < -0.3 is 0 Å². The standard InChI is InChI=1S/C29H56/c1-16-29(15,21-27(11,12)19-25(7,8)17-23(2)3)22-28(13,14)20-26(9,10)18-24(4,5)6/h16H,1-2,17-22H2,3-15H3/t29-/m0/s1. The molecule has 0 heteroatoms. The van der Waals surface area contributed by atoms with E-state index >= 15 is 0 Å². The Morgan fingerprint density at radius 3 is 1.24 bits per heavy atom. The van der Waals surface area contributed by atoms with E-state index in [1.54, 1.807) is 0 Å². The van der Waals surface area contributed by atoms with Gasteiger partial charge in [0.15, 0.2) is 0 Å². The minimum atomic E-state index is 0.157. The minimum absolute atomic E-state index is 0.157. The Balaban J connectivity index is 5.34. The van der Waals surface area contributed by atoms with Crippen LogP contribution in [0.15, 0.2) is 24.8 Å². The predicted molar refractivity (Wildman–Crippen MR) is 135 cm³/mol. The minimum Gasteiger partial charge on any atom is -0.103 e. The number of hydrogen-bond acceptors (Lipinski definition) is 0. The first-order valence-corrected chi connectivity index (χ1v) is 11.8. The molecule has 0 aromatic rings. The molecule has 0 bridgehead atoms. The van der Waals surface area contributed by atoms with Gasteiger partial charge in [-0.1, -0.05) is 94.7 Å². The summed E-state index contributed by atoms with van der Waals surface area (Å²) in [7, 11) is 0. The van der Waals surface area contributed by atoms with Crippen LogP contribution in [-0.2, 0) is 0 Å². The van der Waals surface area contributed by atoms with Crippen LogP contribution in [0, 0.1) is 32.5 Å². The molecule has 0 aliphatic carbocycles. The van der Waals surface area contributed by atoms with Gasteiger partial charge in [0.2, 0.25) is 0 Å². The highest BCUT2D eigenvalue weighted by Crippen LogP contribution is 2.51. The fraction of sp³-hybridized carbons (Fsp3) is 0.862. The molecular formula is C29H56. The van der Waals surface area contributed by atoms with E-state index in [9.17, 15) is 0 Å². The number of rotatable bonds is 12. The summed E-state index contributed by atoms with van der Waals surface area (Å²) in [5.41, 5.74) is 3.03. The van der Waals surface area contributed by atoms with Crippen LogP contribution in [-0.4, -0.2) is 0 Å². The van der Waals surface area contributed by atoms with Crippen molar-refractivity contribution >= 4 is 0 Å². The first-order chi connectivity index (χ1) is 12.5. The maximum atomic E-state index is 4.29. The molecule has 0 saturated heterocycles. The summed E-state index contributed by atoms with van der Waals surface area (Å²) < 4.78 is 0. The van der Waals surface area contributed by atoms with E-state index in [0.29, 0.717) is 21.7 Å². The molecule has 0 aromatic carbocycles. The Kier molecular flexibility index (Phi) is 9.15. The van der Waals surface area contributed by atoms with Crippen LogP contribution >= 0.6 is 0 Å². The van der Waals surface area contributed by atoms with Crippen LogP contribution in [0.1, 0.15) is 129 Å². The quantitative estimate of drug-likeness (QED) is 0.284. The SMILES string of the molecule is C=C[C@@](C)(CC(C)(C)CC(C)(C)CC(=C)C)CC(C)(C)CC(C)(C)CC(C)(C)C. The van der Waals surface area contributed by atoms with E-state index in [2.05, 4.69) is 109 Å². The summed E-state index contributed by atoms with van der Waals surface area (Å²) in [6.07, 6.45) is 9.46. The zero-order valence-electron chi connectivity index (χ0n) is 22.7. The lowest BCUT2D eigenvalue weighted by Gasteiger charge is -2.45. The third-order valence-corrected chi connectivity index (χ3v) is 5.96. The van der Waals surface area contributed by atoms with Crippen LogP contribution in [0.3, 0.4) is 0 Å². The van der Waals surface area contributed by atoms with Gasteiger partial charge in [0.25, 0.3) is 0 Å². The highest BCUT2D eigenvalue weighted by Gasteiger charge is 2.40. The van der Waals surface area contributed by atoms with E-state index in [4.69, 9.17) is 0 Å². The third kappa shape index (κ3) is 12.7. The molecule has 0 amide bonds. The van der Waals surface area contributed by atoms with Crippen LogP contribution in [0.25, 0.3) is 0 Å². The summed E-state index contributed by atoms with van der Waals surface area (Å²) >= 11 is 0. The normalized spacial score (nSPS) is 16.4. The predicted octanol–water partition coefficient (Wildman–Crippen LogP) is 10.2. The van der Waals surface area contributed by atoms with Gasteiger partial charge in [-0.05, 0) is 77.9 Å². The molecule has 0 radical (unpaired) electrons. The topological polar surface area (TPSA) is 0 Å². The molecule has 29 heavy (non-hydrogen) atoms.